The van der Waals surface area contributed by atoms with Gasteiger partial charge in [0.2, 0.25) is 15.9 Å². The van der Waals surface area contributed by atoms with E-state index in [-0.39, 0.29) is 5.91 Å². The first-order valence-electron chi connectivity index (χ1n) is 6.14. The van der Waals surface area contributed by atoms with Gasteiger partial charge in [-0.05, 0) is 30.7 Å². The van der Waals surface area contributed by atoms with E-state index in [2.05, 4.69) is 0 Å². The van der Waals surface area contributed by atoms with Gasteiger partial charge in [-0.1, -0.05) is 18.5 Å². The maximum absolute atomic E-state index is 12.2. The van der Waals surface area contributed by atoms with Crippen molar-refractivity contribution >= 4 is 33.2 Å². The molecular formula is C13H19ClN2O3S. The van der Waals surface area contributed by atoms with E-state index in [9.17, 15) is 13.2 Å². The summed E-state index contributed by atoms with van der Waals surface area (Å²) >= 11 is 5.81. The van der Waals surface area contributed by atoms with Gasteiger partial charge in [-0.25, -0.2) is 8.42 Å². The number of sulfonamides is 1. The zero-order valence-electron chi connectivity index (χ0n) is 12.0. The highest BCUT2D eigenvalue weighted by molar-refractivity contribution is 7.92. The second kappa shape index (κ2) is 6.45. The summed E-state index contributed by atoms with van der Waals surface area (Å²) in [4.78, 5) is 13.6. The fraction of sp³-hybridized carbons (Fsp3) is 0.462. The van der Waals surface area contributed by atoms with Crippen LogP contribution in [0.4, 0.5) is 5.69 Å². The number of anilines is 1. The molecule has 1 amide bonds. The summed E-state index contributed by atoms with van der Waals surface area (Å²) in [6.45, 7) is 1.78. The van der Waals surface area contributed by atoms with Crippen LogP contribution in [0.5, 0.6) is 0 Å². The predicted molar refractivity (Wildman–Crippen MR) is 81.5 cm³/mol. The molecule has 5 nitrogen and oxygen atoms in total. The molecule has 0 fully saturated rings. The zero-order chi connectivity index (χ0) is 15.5. The largest absolute Gasteiger partial charge is 0.347 e. The SMILES string of the molecule is CC[C@H](C(=O)N(C)C)N(c1ccc(Cl)cc1)S(C)(=O)=O. The van der Waals surface area contributed by atoms with E-state index in [4.69, 9.17) is 11.6 Å². The molecule has 1 rings (SSSR count). The molecule has 1 atom stereocenters. The van der Waals surface area contributed by atoms with Crippen molar-refractivity contribution in [3.63, 3.8) is 0 Å². The third-order valence-electron chi connectivity index (χ3n) is 2.83. The molecule has 0 N–H and O–H groups in total. The summed E-state index contributed by atoms with van der Waals surface area (Å²) in [6.07, 6.45) is 1.47. The Labute approximate surface area is 125 Å². The summed E-state index contributed by atoms with van der Waals surface area (Å²) in [7, 11) is -0.369. The van der Waals surface area contributed by atoms with E-state index < -0.39 is 16.1 Å². The van der Waals surface area contributed by atoms with Gasteiger partial charge >= 0.3 is 0 Å². The van der Waals surface area contributed by atoms with Crippen molar-refractivity contribution in [3.8, 4) is 0 Å². The standard InChI is InChI=1S/C13H19ClN2O3S/c1-5-12(13(17)15(2)3)16(20(4,18)19)11-8-6-10(14)7-9-11/h6-9,12H,5H2,1-4H3/t12-/m1/s1. The number of amides is 1. The molecule has 0 aliphatic carbocycles. The average Bonchev–Trinajstić information content (AvgIpc) is 2.35. The Morgan fingerprint density at radius 2 is 1.75 bits per heavy atom. The molecule has 0 saturated carbocycles. The third kappa shape index (κ3) is 3.86. The van der Waals surface area contributed by atoms with Crippen LogP contribution in [0.1, 0.15) is 13.3 Å². The Morgan fingerprint density at radius 1 is 1.25 bits per heavy atom. The van der Waals surface area contributed by atoms with E-state index in [1.807, 2.05) is 0 Å². The highest BCUT2D eigenvalue weighted by Gasteiger charge is 2.32. The van der Waals surface area contributed by atoms with E-state index in [1.54, 1.807) is 45.3 Å². The first kappa shape index (κ1) is 16.8. The molecule has 0 aromatic heterocycles. The molecule has 1 aromatic rings. The molecule has 112 valence electrons. The van der Waals surface area contributed by atoms with Gasteiger partial charge in [-0.2, -0.15) is 0 Å². The monoisotopic (exact) mass is 318 g/mol. The number of halogens is 1. The summed E-state index contributed by atoms with van der Waals surface area (Å²) in [5.74, 6) is -0.257. The van der Waals surface area contributed by atoms with E-state index in [0.717, 1.165) is 10.6 Å². The molecule has 0 heterocycles. The number of hydrogen-bond donors (Lipinski definition) is 0. The number of carbonyl (C=O) groups excluding carboxylic acids is 1. The summed E-state index contributed by atoms with van der Waals surface area (Å²) in [5, 5.41) is 0.509. The van der Waals surface area contributed by atoms with Gasteiger partial charge in [0.05, 0.1) is 11.9 Å². The zero-order valence-corrected chi connectivity index (χ0v) is 13.6. The predicted octanol–water partition coefficient (Wildman–Crippen LogP) is 1.97. The lowest BCUT2D eigenvalue weighted by atomic mass is 10.2. The van der Waals surface area contributed by atoms with Crippen LogP contribution in [0.3, 0.4) is 0 Å². The fourth-order valence-corrected chi connectivity index (χ4v) is 3.26. The first-order valence-corrected chi connectivity index (χ1v) is 8.37. The van der Waals surface area contributed by atoms with Crippen LogP contribution in [0.2, 0.25) is 5.02 Å². The average molecular weight is 319 g/mol. The van der Waals surface area contributed by atoms with Gasteiger partial charge < -0.3 is 4.90 Å². The molecule has 0 unspecified atom stereocenters. The minimum atomic E-state index is -3.58. The Kier molecular flexibility index (Phi) is 5.42. The minimum Gasteiger partial charge on any atom is -0.347 e. The maximum Gasteiger partial charge on any atom is 0.245 e. The quantitative estimate of drug-likeness (QED) is 0.834. The van der Waals surface area contributed by atoms with Crippen LogP contribution in [-0.4, -0.2) is 45.6 Å². The summed E-state index contributed by atoms with van der Waals surface area (Å²) in [6, 6.07) is 5.62. The molecule has 1 aromatic carbocycles. The van der Waals surface area contributed by atoms with Crippen LogP contribution in [-0.2, 0) is 14.8 Å². The van der Waals surface area contributed by atoms with Crippen LogP contribution in [0.25, 0.3) is 0 Å². The third-order valence-corrected chi connectivity index (χ3v) is 4.27. The van der Waals surface area contributed by atoms with E-state index in [0.29, 0.717) is 17.1 Å². The number of benzene rings is 1. The van der Waals surface area contributed by atoms with Gasteiger partial charge in [0.1, 0.15) is 6.04 Å². The van der Waals surface area contributed by atoms with Crippen LogP contribution >= 0.6 is 11.6 Å². The lowest BCUT2D eigenvalue weighted by Gasteiger charge is -2.31. The van der Waals surface area contributed by atoms with E-state index in [1.165, 1.54) is 4.90 Å². The smallest absolute Gasteiger partial charge is 0.245 e. The van der Waals surface area contributed by atoms with Crippen LogP contribution in [0.15, 0.2) is 24.3 Å². The number of rotatable bonds is 5. The van der Waals surface area contributed by atoms with Crippen molar-refractivity contribution in [1.29, 1.82) is 0 Å². The van der Waals surface area contributed by atoms with Crippen molar-refractivity contribution < 1.29 is 13.2 Å². The van der Waals surface area contributed by atoms with Crippen molar-refractivity contribution in [1.82, 2.24) is 4.90 Å². The molecule has 7 heteroatoms. The number of hydrogen-bond acceptors (Lipinski definition) is 3. The molecule has 0 saturated heterocycles. The van der Waals surface area contributed by atoms with Crippen LogP contribution in [0, 0.1) is 0 Å². The van der Waals surface area contributed by atoms with Crippen molar-refractivity contribution in [3.05, 3.63) is 29.3 Å². The Morgan fingerprint density at radius 3 is 2.10 bits per heavy atom. The molecule has 0 aliphatic heterocycles. The summed E-state index contributed by atoms with van der Waals surface area (Å²) in [5.41, 5.74) is 0.430. The Hall–Kier alpha value is -1.27. The lowest BCUT2D eigenvalue weighted by molar-refractivity contribution is -0.129. The normalized spacial score (nSPS) is 12.8. The van der Waals surface area contributed by atoms with Crippen molar-refractivity contribution in [2.45, 2.75) is 19.4 Å². The fourth-order valence-electron chi connectivity index (χ4n) is 1.93. The Bertz CT molecular complexity index is 570. The van der Waals surface area contributed by atoms with Gasteiger partial charge in [-0.3, -0.25) is 9.10 Å². The molecule has 20 heavy (non-hydrogen) atoms. The molecule has 0 bridgehead atoms. The van der Waals surface area contributed by atoms with Gasteiger partial charge in [-0.15, -0.1) is 0 Å². The van der Waals surface area contributed by atoms with Crippen LogP contribution < -0.4 is 4.31 Å². The first-order chi connectivity index (χ1) is 9.18. The molecule has 0 spiro atoms. The number of likely N-dealkylation sites (N-methyl/N-ethyl adjacent to an activating group) is 1. The topological polar surface area (TPSA) is 57.7 Å². The second-order valence-corrected chi connectivity index (χ2v) is 6.99. The van der Waals surface area contributed by atoms with Crippen molar-refractivity contribution in [2.75, 3.05) is 24.7 Å². The molecule has 0 radical (unpaired) electrons. The maximum atomic E-state index is 12.2. The summed E-state index contributed by atoms with van der Waals surface area (Å²) < 4.78 is 25.3. The van der Waals surface area contributed by atoms with Gasteiger partial charge in [0.25, 0.3) is 0 Å². The lowest BCUT2D eigenvalue weighted by Crippen LogP contribution is -2.48. The van der Waals surface area contributed by atoms with Crippen molar-refractivity contribution in [2.24, 2.45) is 0 Å². The second-order valence-electron chi connectivity index (χ2n) is 4.69. The van der Waals surface area contributed by atoms with E-state index >= 15 is 0 Å². The molecule has 0 aliphatic rings. The number of nitrogens with zero attached hydrogens (tertiary/aromatic N) is 2. The minimum absolute atomic E-state index is 0.257. The highest BCUT2D eigenvalue weighted by Crippen LogP contribution is 2.24. The highest BCUT2D eigenvalue weighted by atomic mass is 35.5. The number of carbonyl (C=O) groups is 1. The Balaban J connectivity index is 3.32. The molecular weight excluding hydrogens is 300 g/mol. The van der Waals surface area contributed by atoms with Gasteiger partial charge in [0, 0.05) is 19.1 Å². The van der Waals surface area contributed by atoms with Gasteiger partial charge in [0.15, 0.2) is 0 Å².